The van der Waals surface area contributed by atoms with Crippen molar-refractivity contribution in [2.45, 2.75) is 45.4 Å². The number of nitrogens with two attached hydrogens (primary N) is 1. The van der Waals surface area contributed by atoms with Gasteiger partial charge in [-0.3, -0.25) is 4.79 Å². The minimum Gasteiger partial charge on any atom is -0.365 e. The number of hydrogen-bond donors (Lipinski definition) is 1. The van der Waals surface area contributed by atoms with E-state index in [1.54, 1.807) is 0 Å². The first-order valence-electron chi connectivity index (χ1n) is 6.81. The van der Waals surface area contributed by atoms with Gasteiger partial charge in [-0.25, -0.2) is 4.98 Å². The molecule has 0 aromatic carbocycles. The van der Waals surface area contributed by atoms with Crippen LogP contribution in [0.3, 0.4) is 0 Å². The van der Waals surface area contributed by atoms with Crippen molar-refractivity contribution in [1.82, 2.24) is 4.98 Å². The maximum Gasteiger partial charge on any atom is 0.253 e. The summed E-state index contributed by atoms with van der Waals surface area (Å²) in [4.78, 5) is 16.0. The summed E-state index contributed by atoms with van der Waals surface area (Å²) in [5.41, 5.74) is 7.44. The lowest BCUT2D eigenvalue weighted by atomic mass is 9.74. The van der Waals surface area contributed by atoms with E-state index in [-0.39, 0.29) is 22.6 Å². The Morgan fingerprint density at radius 3 is 2.65 bits per heavy atom. The molecule has 1 amide bonds. The molecule has 0 saturated carbocycles. The summed E-state index contributed by atoms with van der Waals surface area (Å²) < 4.78 is 0. The Labute approximate surface area is 123 Å². The van der Waals surface area contributed by atoms with Crippen molar-refractivity contribution in [3.8, 4) is 6.07 Å². The van der Waals surface area contributed by atoms with Crippen LogP contribution in [-0.4, -0.2) is 10.9 Å². The number of aromatic nitrogens is 1. The number of carbonyl (C=O) groups is 1. The monoisotopic (exact) mass is 291 g/mol. The minimum atomic E-state index is -0.694. The minimum absolute atomic E-state index is 0.0487. The largest absolute Gasteiger partial charge is 0.365 e. The second kappa shape index (κ2) is 5.41. The molecule has 2 unspecified atom stereocenters. The Balaban J connectivity index is 2.78. The molecule has 2 rings (SSSR count). The first kappa shape index (κ1) is 14.8. The predicted molar refractivity (Wildman–Crippen MR) is 77.7 cm³/mol. The average molecular weight is 292 g/mol. The van der Waals surface area contributed by atoms with E-state index in [2.05, 4.69) is 31.8 Å². The number of rotatable bonds is 2. The van der Waals surface area contributed by atoms with Gasteiger partial charge < -0.3 is 5.73 Å². The fourth-order valence-electron chi connectivity index (χ4n) is 3.07. The second-order valence-electron chi connectivity index (χ2n) is 5.76. The van der Waals surface area contributed by atoms with E-state index in [1.165, 1.54) is 0 Å². The highest BCUT2D eigenvalue weighted by Crippen LogP contribution is 2.44. The maximum absolute atomic E-state index is 11.6. The molecule has 2 N–H and O–H groups in total. The summed E-state index contributed by atoms with van der Waals surface area (Å²) in [6, 6.07) is 2.11. The lowest BCUT2D eigenvalue weighted by Crippen LogP contribution is -2.24. The van der Waals surface area contributed by atoms with Gasteiger partial charge in [-0.15, -0.1) is 0 Å². The standard InChI is InChI=1S/C15H18ClN3O/c1-7(2)9-5-4-8(3)11-10(6-17)12(15(18)20)14(16)19-13(9)11/h7-9H,4-5H2,1-3H3,(H2,18,20). The molecule has 1 heterocycles. The normalized spacial score (nSPS) is 21.4. The zero-order valence-electron chi connectivity index (χ0n) is 11.9. The van der Waals surface area contributed by atoms with E-state index in [9.17, 15) is 10.1 Å². The zero-order valence-corrected chi connectivity index (χ0v) is 12.7. The quantitative estimate of drug-likeness (QED) is 0.849. The Morgan fingerprint density at radius 2 is 2.15 bits per heavy atom. The summed E-state index contributed by atoms with van der Waals surface area (Å²) in [7, 11) is 0. The molecule has 0 aliphatic heterocycles. The Bertz CT molecular complexity index is 604. The van der Waals surface area contributed by atoms with Gasteiger partial charge in [0.15, 0.2) is 0 Å². The highest BCUT2D eigenvalue weighted by Gasteiger charge is 2.33. The summed E-state index contributed by atoms with van der Waals surface area (Å²) in [5, 5.41) is 9.49. The van der Waals surface area contributed by atoms with E-state index in [4.69, 9.17) is 17.3 Å². The van der Waals surface area contributed by atoms with Crippen molar-refractivity contribution < 1.29 is 4.79 Å². The van der Waals surface area contributed by atoms with E-state index in [1.807, 2.05) is 0 Å². The number of nitriles is 1. The molecule has 4 nitrogen and oxygen atoms in total. The molecule has 0 fully saturated rings. The number of amides is 1. The van der Waals surface area contributed by atoms with Gasteiger partial charge >= 0.3 is 0 Å². The Kier molecular flexibility index (Phi) is 4.01. The van der Waals surface area contributed by atoms with Crippen LogP contribution < -0.4 is 5.73 Å². The van der Waals surface area contributed by atoms with Crippen molar-refractivity contribution in [2.75, 3.05) is 0 Å². The molecular formula is C15H18ClN3O. The maximum atomic E-state index is 11.6. The molecule has 1 aromatic heterocycles. The molecule has 2 atom stereocenters. The van der Waals surface area contributed by atoms with Crippen LogP contribution in [0, 0.1) is 17.2 Å². The molecule has 1 aromatic rings. The van der Waals surface area contributed by atoms with Gasteiger partial charge in [0.1, 0.15) is 11.2 Å². The third-order valence-electron chi connectivity index (χ3n) is 4.14. The topological polar surface area (TPSA) is 79.8 Å². The van der Waals surface area contributed by atoms with Crippen LogP contribution in [0.2, 0.25) is 5.15 Å². The van der Waals surface area contributed by atoms with Crippen LogP contribution in [0.1, 0.15) is 72.6 Å². The average Bonchev–Trinajstić information content (AvgIpc) is 2.36. The number of primary amides is 1. The van der Waals surface area contributed by atoms with Gasteiger partial charge in [0.2, 0.25) is 0 Å². The van der Waals surface area contributed by atoms with Crippen molar-refractivity contribution >= 4 is 17.5 Å². The van der Waals surface area contributed by atoms with Crippen LogP contribution in [0.5, 0.6) is 0 Å². The van der Waals surface area contributed by atoms with Crippen LogP contribution >= 0.6 is 11.6 Å². The van der Waals surface area contributed by atoms with Gasteiger partial charge in [0.25, 0.3) is 5.91 Å². The highest BCUT2D eigenvalue weighted by molar-refractivity contribution is 6.33. The summed E-state index contributed by atoms with van der Waals surface area (Å²) in [6.07, 6.45) is 2.00. The number of hydrogen-bond acceptors (Lipinski definition) is 3. The van der Waals surface area contributed by atoms with E-state index in [0.29, 0.717) is 11.5 Å². The first-order chi connectivity index (χ1) is 9.38. The number of pyridine rings is 1. The van der Waals surface area contributed by atoms with E-state index < -0.39 is 5.91 Å². The number of carbonyl (C=O) groups excluding carboxylic acids is 1. The fraction of sp³-hybridized carbons (Fsp3) is 0.533. The molecule has 1 aliphatic rings. The van der Waals surface area contributed by atoms with Crippen LogP contribution in [-0.2, 0) is 0 Å². The van der Waals surface area contributed by atoms with Crippen molar-refractivity contribution in [3.63, 3.8) is 0 Å². The van der Waals surface area contributed by atoms with Crippen LogP contribution in [0.25, 0.3) is 0 Å². The number of nitrogens with zero attached hydrogens (tertiary/aromatic N) is 2. The van der Waals surface area contributed by atoms with Crippen molar-refractivity contribution in [2.24, 2.45) is 11.7 Å². The van der Waals surface area contributed by atoms with Crippen LogP contribution in [0.15, 0.2) is 0 Å². The van der Waals surface area contributed by atoms with Gasteiger partial charge in [-0.2, -0.15) is 5.26 Å². The van der Waals surface area contributed by atoms with Gasteiger partial charge in [0.05, 0.1) is 16.8 Å². The molecule has 0 radical (unpaired) electrons. The highest BCUT2D eigenvalue weighted by atomic mass is 35.5. The molecule has 5 heteroatoms. The summed E-state index contributed by atoms with van der Waals surface area (Å²) >= 11 is 6.09. The van der Waals surface area contributed by atoms with Crippen molar-refractivity contribution in [3.05, 3.63) is 27.5 Å². The third-order valence-corrected chi connectivity index (χ3v) is 4.41. The predicted octanol–water partition coefficient (Wildman–Crippen LogP) is 3.34. The van der Waals surface area contributed by atoms with Gasteiger partial charge in [0, 0.05) is 5.92 Å². The Morgan fingerprint density at radius 1 is 1.50 bits per heavy atom. The lowest BCUT2D eigenvalue weighted by molar-refractivity contribution is 0.0999. The summed E-state index contributed by atoms with van der Waals surface area (Å²) in [5.74, 6) is 0.182. The number of fused-ring (bicyclic) bond motifs is 1. The lowest BCUT2D eigenvalue weighted by Gasteiger charge is -2.32. The molecular weight excluding hydrogens is 274 g/mol. The van der Waals surface area contributed by atoms with Crippen LogP contribution in [0.4, 0.5) is 0 Å². The molecule has 1 aliphatic carbocycles. The molecule has 20 heavy (non-hydrogen) atoms. The smallest absolute Gasteiger partial charge is 0.253 e. The zero-order chi connectivity index (χ0) is 15.0. The SMILES string of the molecule is CC1CCC(C(C)C)c2nc(Cl)c(C(N)=O)c(C#N)c21. The van der Waals surface area contributed by atoms with Gasteiger partial charge in [-0.05, 0) is 30.2 Å². The van der Waals surface area contributed by atoms with E-state index >= 15 is 0 Å². The Hall–Kier alpha value is -1.60. The van der Waals surface area contributed by atoms with Crippen molar-refractivity contribution in [1.29, 1.82) is 5.26 Å². The molecule has 0 saturated heterocycles. The molecule has 0 spiro atoms. The molecule has 106 valence electrons. The molecule has 0 bridgehead atoms. The van der Waals surface area contributed by atoms with E-state index in [0.717, 1.165) is 24.1 Å². The summed E-state index contributed by atoms with van der Waals surface area (Å²) in [6.45, 7) is 6.32. The second-order valence-corrected chi connectivity index (χ2v) is 6.11. The van der Waals surface area contributed by atoms with Gasteiger partial charge in [-0.1, -0.05) is 32.4 Å². The third kappa shape index (κ3) is 2.27. The first-order valence-corrected chi connectivity index (χ1v) is 7.19. The number of halogens is 1. The fourth-order valence-corrected chi connectivity index (χ4v) is 3.35.